The Morgan fingerprint density at radius 2 is 1.70 bits per heavy atom. The summed E-state index contributed by atoms with van der Waals surface area (Å²) in [6.45, 7) is 2.67. The molecule has 2 atom stereocenters. The van der Waals surface area contributed by atoms with Crippen molar-refractivity contribution in [2.24, 2.45) is 11.8 Å². The minimum atomic E-state index is -0.559. The van der Waals surface area contributed by atoms with Gasteiger partial charge in [0.1, 0.15) is 17.1 Å². The molecule has 9 heteroatoms. The van der Waals surface area contributed by atoms with E-state index >= 15 is 0 Å². The normalized spacial score (nSPS) is 20.3. The molecule has 2 fully saturated rings. The van der Waals surface area contributed by atoms with Crippen LogP contribution in [0.25, 0.3) is 16.6 Å². The molecule has 4 aromatic rings. The van der Waals surface area contributed by atoms with Crippen molar-refractivity contribution in [1.82, 2.24) is 29.9 Å². The van der Waals surface area contributed by atoms with E-state index in [1.807, 2.05) is 30.5 Å². The van der Waals surface area contributed by atoms with Crippen LogP contribution < -0.4 is 4.90 Å². The number of amides is 1. The summed E-state index contributed by atoms with van der Waals surface area (Å²) in [5.41, 5.74) is 1.30. The van der Waals surface area contributed by atoms with Gasteiger partial charge in [0.2, 0.25) is 5.95 Å². The molecular weight excluding hydrogens is 421 g/mol. The summed E-state index contributed by atoms with van der Waals surface area (Å²) in [5, 5.41) is 9.19. The molecule has 0 aliphatic carbocycles. The number of hydrogen-bond acceptors (Lipinski definition) is 6. The SMILES string of the molecule is O=C(c1c(F)cccc1-n1nccn1)N1CC2CC(C1)CN(c1ncc3ccccc3n1)C2. The average molecular weight is 443 g/mol. The van der Waals surface area contributed by atoms with Gasteiger partial charge in [-0.05, 0) is 36.5 Å². The zero-order valence-corrected chi connectivity index (χ0v) is 17.9. The highest BCUT2D eigenvalue weighted by atomic mass is 19.1. The van der Waals surface area contributed by atoms with Crippen LogP contribution in [0.1, 0.15) is 16.8 Å². The zero-order valence-electron chi connectivity index (χ0n) is 17.9. The van der Waals surface area contributed by atoms with Gasteiger partial charge in [-0.15, -0.1) is 0 Å². The summed E-state index contributed by atoms with van der Waals surface area (Å²) >= 11 is 0. The molecule has 2 aliphatic rings. The zero-order chi connectivity index (χ0) is 22.4. The minimum Gasteiger partial charge on any atom is -0.340 e. The van der Waals surface area contributed by atoms with E-state index in [1.54, 1.807) is 17.0 Å². The molecule has 2 saturated heterocycles. The van der Waals surface area contributed by atoms with Crippen LogP contribution >= 0.6 is 0 Å². The van der Waals surface area contributed by atoms with E-state index < -0.39 is 5.82 Å². The number of piperidine rings is 2. The van der Waals surface area contributed by atoms with Gasteiger partial charge in [0, 0.05) is 37.8 Å². The quantitative estimate of drug-likeness (QED) is 0.484. The lowest BCUT2D eigenvalue weighted by Crippen LogP contribution is -2.54. The highest BCUT2D eigenvalue weighted by Gasteiger charge is 2.38. The maximum absolute atomic E-state index is 14.8. The summed E-state index contributed by atoms with van der Waals surface area (Å²) in [5.74, 6) is 0.399. The third-order valence-corrected chi connectivity index (χ3v) is 6.47. The summed E-state index contributed by atoms with van der Waals surface area (Å²) < 4.78 is 14.8. The summed E-state index contributed by atoms with van der Waals surface area (Å²) in [7, 11) is 0. The van der Waals surface area contributed by atoms with Gasteiger partial charge >= 0.3 is 0 Å². The molecule has 1 amide bonds. The van der Waals surface area contributed by atoms with Crippen molar-refractivity contribution >= 4 is 22.8 Å². The van der Waals surface area contributed by atoms with E-state index in [0.29, 0.717) is 18.8 Å². The van der Waals surface area contributed by atoms with E-state index in [4.69, 9.17) is 4.98 Å². The predicted octanol–water partition coefficient (Wildman–Crippen LogP) is 2.95. The Morgan fingerprint density at radius 1 is 0.939 bits per heavy atom. The maximum atomic E-state index is 14.8. The number of carbonyl (C=O) groups excluding carboxylic acids is 1. The number of benzene rings is 2. The van der Waals surface area contributed by atoms with Gasteiger partial charge < -0.3 is 9.80 Å². The van der Waals surface area contributed by atoms with Gasteiger partial charge in [-0.1, -0.05) is 24.3 Å². The number of hydrogen-bond donors (Lipinski definition) is 0. The molecule has 8 nitrogen and oxygen atoms in total. The number of carbonyl (C=O) groups is 1. The molecule has 2 bridgehead atoms. The van der Waals surface area contributed by atoms with E-state index in [1.165, 1.54) is 23.3 Å². The van der Waals surface area contributed by atoms with Crippen LogP contribution in [0.15, 0.2) is 61.1 Å². The summed E-state index contributed by atoms with van der Waals surface area (Å²) in [6, 6.07) is 12.5. The minimum absolute atomic E-state index is 0.0170. The number of fused-ring (bicyclic) bond motifs is 3. The largest absolute Gasteiger partial charge is 0.340 e. The number of halogens is 1. The molecule has 2 aromatic heterocycles. The van der Waals surface area contributed by atoms with Crippen molar-refractivity contribution in [3.63, 3.8) is 0 Å². The van der Waals surface area contributed by atoms with Gasteiger partial charge in [-0.3, -0.25) is 4.79 Å². The third-order valence-electron chi connectivity index (χ3n) is 6.47. The van der Waals surface area contributed by atoms with Crippen LogP contribution in [0.2, 0.25) is 0 Å². The Bertz CT molecular complexity index is 1310. The van der Waals surface area contributed by atoms with E-state index in [-0.39, 0.29) is 23.3 Å². The fraction of sp³-hybridized carbons (Fsp3) is 0.292. The molecule has 0 N–H and O–H groups in total. The number of likely N-dealkylation sites (tertiary alicyclic amines) is 1. The molecule has 166 valence electrons. The average Bonchev–Trinajstić information content (AvgIpc) is 3.37. The first-order chi connectivity index (χ1) is 16.2. The van der Waals surface area contributed by atoms with Crippen LogP contribution in [0.4, 0.5) is 10.3 Å². The molecule has 2 aromatic carbocycles. The smallest absolute Gasteiger partial charge is 0.259 e. The highest BCUT2D eigenvalue weighted by molar-refractivity contribution is 5.98. The number of rotatable bonds is 3. The monoisotopic (exact) mass is 443 g/mol. The van der Waals surface area contributed by atoms with E-state index in [0.717, 1.165) is 36.4 Å². The number of anilines is 1. The Labute approximate surface area is 189 Å². The first-order valence-corrected chi connectivity index (χ1v) is 11.1. The lowest BCUT2D eigenvalue weighted by molar-refractivity contribution is 0.0559. The lowest BCUT2D eigenvalue weighted by Gasteiger charge is -2.45. The van der Waals surface area contributed by atoms with Crippen molar-refractivity contribution in [2.75, 3.05) is 31.1 Å². The van der Waals surface area contributed by atoms with Crippen molar-refractivity contribution < 1.29 is 9.18 Å². The first kappa shape index (κ1) is 19.8. The molecule has 2 aliphatic heterocycles. The molecule has 0 radical (unpaired) electrons. The molecule has 33 heavy (non-hydrogen) atoms. The van der Waals surface area contributed by atoms with Gasteiger partial charge in [0.05, 0.1) is 17.9 Å². The fourth-order valence-electron chi connectivity index (χ4n) is 5.11. The van der Waals surface area contributed by atoms with Gasteiger partial charge in [-0.25, -0.2) is 14.4 Å². The van der Waals surface area contributed by atoms with Crippen molar-refractivity contribution in [3.8, 4) is 5.69 Å². The van der Waals surface area contributed by atoms with E-state index in [9.17, 15) is 9.18 Å². The highest BCUT2D eigenvalue weighted by Crippen LogP contribution is 2.32. The van der Waals surface area contributed by atoms with Crippen LogP contribution in [-0.4, -0.2) is 61.9 Å². The van der Waals surface area contributed by atoms with Crippen molar-refractivity contribution in [2.45, 2.75) is 6.42 Å². The fourth-order valence-corrected chi connectivity index (χ4v) is 5.11. The Kier molecular flexibility index (Phi) is 4.74. The molecule has 4 heterocycles. The summed E-state index contributed by atoms with van der Waals surface area (Å²) in [4.78, 5) is 28.1. The molecule has 6 rings (SSSR count). The second kappa shape index (κ2) is 7.91. The first-order valence-electron chi connectivity index (χ1n) is 11.1. The van der Waals surface area contributed by atoms with Gasteiger partial charge in [0.25, 0.3) is 5.91 Å². The van der Waals surface area contributed by atoms with Crippen LogP contribution in [0, 0.1) is 17.7 Å². The van der Waals surface area contributed by atoms with Crippen LogP contribution in [0.5, 0.6) is 0 Å². The topological polar surface area (TPSA) is 80.0 Å². The van der Waals surface area contributed by atoms with E-state index in [2.05, 4.69) is 20.1 Å². The predicted molar refractivity (Wildman–Crippen MR) is 121 cm³/mol. The molecule has 0 spiro atoms. The maximum Gasteiger partial charge on any atom is 0.259 e. The van der Waals surface area contributed by atoms with Crippen molar-refractivity contribution in [1.29, 1.82) is 0 Å². The van der Waals surface area contributed by atoms with Gasteiger partial charge in [0.15, 0.2) is 0 Å². The number of aromatic nitrogens is 5. The lowest BCUT2D eigenvalue weighted by atomic mass is 9.84. The second-order valence-electron chi connectivity index (χ2n) is 8.76. The number of nitrogens with zero attached hydrogens (tertiary/aromatic N) is 7. The molecule has 0 saturated carbocycles. The van der Waals surface area contributed by atoms with Crippen LogP contribution in [-0.2, 0) is 0 Å². The molecule has 2 unspecified atom stereocenters. The third kappa shape index (κ3) is 3.59. The van der Waals surface area contributed by atoms with Crippen molar-refractivity contribution in [3.05, 3.63) is 72.4 Å². The second-order valence-corrected chi connectivity index (χ2v) is 8.76. The Hall–Kier alpha value is -3.88. The summed E-state index contributed by atoms with van der Waals surface area (Å²) in [6.07, 6.45) is 5.92. The number of para-hydroxylation sites is 1. The Balaban J connectivity index is 1.24. The standard InChI is InChI=1S/C24H22FN7O/c25-19-5-3-7-21(32-27-8-9-28-32)22(19)23(33)30-12-16-10-17(13-30)15-31(14-16)24-26-11-18-4-1-2-6-20(18)29-24/h1-9,11,16-17H,10,12-15H2. The Morgan fingerprint density at radius 3 is 2.48 bits per heavy atom. The molecular formula is C24H22FN7O. The van der Waals surface area contributed by atoms with Crippen LogP contribution in [0.3, 0.4) is 0 Å². The van der Waals surface area contributed by atoms with Gasteiger partial charge in [-0.2, -0.15) is 15.0 Å².